The number of hydrogen-bond acceptors (Lipinski definition) is 3. The molecule has 1 aromatic heterocycles. The molecule has 1 aliphatic rings. The fourth-order valence-electron chi connectivity index (χ4n) is 2.75. The highest BCUT2D eigenvalue weighted by atomic mass is 16.3. The summed E-state index contributed by atoms with van der Waals surface area (Å²) in [7, 11) is 0. The predicted molar refractivity (Wildman–Crippen MR) is 98.6 cm³/mol. The van der Waals surface area contributed by atoms with Crippen LogP contribution in [-0.4, -0.2) is 28.9 Å². The van der Waals surface area contributed by atoms with Crippen molar-refractivity contribution in [3.63, 3.8) is 0 Å². The van der Waals surface area contributed by atoms with Crippen molar-refractivity contribution in [1.29, 1.82) is 0 Å². The van der Waals surface area contributed by atoms with Crippen LogP contribution >= 0.6 is 0 Å². The summed E-state index contributed by atoms with van der Waals surface area (Å²) < 4.78 is 5.39. The first-order valence-corrected chi connectivity index (χ1v) is 8.99. The summed E-state index contributed by atoms with van der Waals surface area (Å²) in [6.45, 7) is 4.74. The Kier molecular flexibility index (Phi) is 5.61. The maximum atomic E-state index is 12.9. The molecule has 0 saturated heterocycles. The second kappa shape index (κ2) is 8.08. The molecule has 0 unspecified atom stereocenters. The Morgan fingerprint density at radius 1 is 1.19 bits per heavy atom. The Morgan fingerprint density at radius 2 is 1.92 bits per heavy atom. The largest absolute Gasteiger partial charge is 0.467 e. The molecular formula is C20H25N3O3. The van der Waals surface area contributed by atoms with Crippen LogP contribution in [0.1, 0.15) is 48.4 Å². The molecule has 1 heterocycles. The summed E-state index contributed by atoms with van der Waals surface area (Å²) in [6, 6.07) is 11.3. The molecule has 6 nitrogen and oxygen atoms in total. The lowest BCUT2D eigenvalue weighted by molar-refractivity contribution is 0.0717. The number of carbonyl (C=O) groups excluding carboxylic acids is 2. The van der Waals surface area contributed by atoms with Crippen LogP contribution in [0.15, 0.2) is 47.1 Å². The quantitative estimate of drug-likeness (QED) is 0.800. The molecule has 2 aromatic rings. The number of carbonyl (C=O) groups is 2. The fourth-order valence-corrected chi connectivity index (χ4v) is 2.75. The van der Waals surface area contributed by atoms with Crippen LogP contribution in [0.4, 0.5) is 4.79 Å². The molecule has 1 aliphatic carbocycles. The number of hydrogen-bond donors (Lipinski definition) is 2. The van der Waals surface area contributed by atoms with Gasteiger partial charge in [0.25, 0.3) is 5.91 Å². The van der Waals surface area contributed by atoms with E-state index in [1.807, 2.05) is 55.1 Å². The summed E-state index contributed by atoms with van der Waals surface area (Å²) in [5, 5.41) is 5.58. The van der Waals surface area contributed by atoms with E-state index < -0.39 is 0 Å². The zero-order chi connectivity index (χ0) is 18.5. The van der Waals surface area contributed by atoms with Gasteiger partial charge >= 0.3 is 6.03 Å². The highest BCUT2D eigenvalue weighted by molar-refractivity contribution is 5.94. The highest BCUT2D eigenvalue weighted by Gasteiger charge is 2.33. The minimum absolute atomic E-state index is 0.0148. The van der Waals surface area contributed by atoms with Crippen molar-refractivity contribution in [2.75, 3.05) is 0 Å². The van der Waals surface area contributed by atoms with Crippen LogP contribution in [0.3, 0.4) is 0 Å². The molecule has 0 aliphatic heterocycles. The van der Waals surface area contributed by atoms with Gasteiger partial charge in [-0.2, -0.15) is 0 Å². The van der Waals surface area contributed by atoms with Gasteiger partial charge in [-0.25, -0.2) is 4.79 Å². The summed E-state index contributed by atoms with van der Waals surface area (Å²) in [6.07, 6.45) is 3.71. The number of amides is 3. The third-order valence-corrected chi connectivity index (χ3v) is 4.23. The van der Waals surface area contributed by atoms with Gasteiger partial charge in [0.15, 0.2) is 0 Å². The van der Waals surface area contributed by atoms with E-state index in [9.17, 15) is 9.59 Å². The molecule has 1 aromatic carbocycles. The Morgan fingerprint density at radius 3 is 2.50 bits per heavy atom. The van der Waals surface area contributed by atoms with Gasteiger partial charge < -0.3 is 20.0 Å². The maximum absolute atomic E-state index is 12.9. The van der Waals surface area contributed by atoms with Crippen molar-refractivity contribution in [3.05, 3.63) is 59.5 Å². The number of urea groups is 1. The SMILES string of the molecule is CC(C)NC(=O)NCc1ccc(C(=O)N(Cc2ccco2)C2CC2)cc1. The normalized spacial score (nSPS) is 13.5. The van der Waals surface area contributed by atoms with Crippen LogP contribution in [-0.2, 0) is 13.1 Å². The van der Waals surface area contributed by atoms with E-state index in [1.165, 1.54) is 0 Å². The van der Waals surface area contributed by atoms with Crippen molar-refractivity contribution < 1.29 is 14.0 Å². The number of rotatable bonds is 7. The zero-order valence-electron chi connectivity index (χ0n) is 15.2. The summed E-state index contributed by atoms with van der Waals surface area (Å²) >= 11 is 0. The average Bonchev–Trinajstić information content (AvgIpc) is 3.33. The van der Waals surface area contributed by atoms with Gasteiger partial charge in [-0.15, -0.1) is 0 Å². The van der Waals surface area contributed by atoms with E-state index in [1.54, 1.807) is 6.26 Å². The lowest BCUT2D eigenvalue weighted by Gasteiger charge is -2.21. The number of furan rings is 1. The first-order chi connectivity index (χ1) is 12.5. The molecule has 3 amide bonds. The van der Waals surface area contributed by atoms with Gasteiger partial charge in [0.05, 0.1) is 12.8 Å². The minimum atomic E-state index is -0.196. The molecule has 3 rings (SSSR count). The fraction of sp³-hybridized carbons (Fsp3) is 0.400. The van der Waals surface area contributed by atoms with E-state index >= 15 is 0 Å². The second-order valence-corrected chi connectivity index (χ2v) is 6.92. The molecule has 1 saturated carbocycles. The number of nitrogens with one attached hydrogen (secondary N) is 2. The predicted octanol–water partition coefficient (Wildman–Crippen LogP) is 3.29. The Hall–Kier alpha value is -2.76. The Bertz CT molecular complexity index is 734. The third-order valence-electron chi connectivity index (χ3n) is 4.23. The summed E-state index contributed by atoms with van der Waals surface area (Å²) in [5.74, 6) is 0.809. The molecule has 0 radical (unpaired) electrons. The van der Waals surface area contributed by atoms with E-state index in [-0.39, 0.29) is 18.0 Å². The average molecular weight is 355 g/mol. The van der Waals surface area contributed by atoms with E-state index in [4.69, 9.17) is 4.42 Å². The highest BCUT2D eigenvalue weighted by Crippen LogP contribution is 2.30. The Balaban J connectivity index is 1.59. The van der Waals surface area contributed by atoms with Crippen LogP contribution in [0.5, 0.6) is 0 Å². The molecule has 2 N–H and O–H groups in total. The zero-order valence-corrected chi connectivity index (χ0v) is 15.2. The molecule has 1 fully saturated rings. The summed E-state index contributed by atoms with van der Waals surface area (Å²) in [4.78, 5) is 26.4. The smallest absolute Gasteiger partial charge is 0.315 e. The van der Waals surface area contributed by atoms with Crippen molar-refractivity contribution in [2.45, 2.75) is 51.9 Å². The molecule has 138 valence electrons. The van der Waals surface area contributed by atoms with E-state index in [2.05, 4.69) is 10.6 Å². The van der Waals surface area contributed by atoms with E-state index in [0.717, 1.165) is 24.2 Å². The van der Waals surface area contributed by atoms with Crippen LogP contribution in [0.2, 0.25) is 0 Å². The van der Waals surface area contributed by atoms with Gasteiger partial charge in [-0.05, 0) is 56.5 Å². The summed E-state index contributed by atoms with van der Waals surface area (Å²) in [5.41, 5.74) is 1.60. The standard InChI is InChI=1S/C20H25N3O3/c1-14(2)22-20(25)21-12-15-5-7-16(8-6-15)19(24)23(17-9-10-17)13-18-4-3-11-26-18/h3-8,11,14,17H,9-10,12-13H2,1-2H3,(H2,21,22,25). The Labute approximate surface area is 153 Å². The van der Waals surface area contributed by atoms with Crippen molar-refractivity contribution >= 4 is 11.9 Å². The van der Waals surface area contributed by atoms with Gasteiger partial charge in [0, 0.05) is 24.2 Å². The topological polar surface area (TPSA) is 74.6 Å². The van der Waals surface area contributed by atoms with Crippen molar-refractivity contribution in [3.8, 4) is 0 Å². The lowest BCUT2D eigenvalue weighted by atomic mass is 10.1. The maximum Gasteiger partial charge on any atom is 0.315 e. The minimum Gasteiger partial charge on any atom is -0.467 e. The van der Waals surface area contributed by atoms with Crippen molar-refractivity contribution in [1.82, 2.24) is 15.5 Å². The van der Waals surface area contributed by atoms with Crippen LogP contribution in [0.25, 0.3) is 0 Å². The monoisotopic (exact) mass is 355 g/mol. The lowest BCUT2D eigenvalue weighted by Crippen LogP contribution is -2.39. The van der Waals surface area contributed by atoms with Gasteiger partial charge in [0.2, 0.25) is 0 Å². The van der Waals surface area contributed by atoms with E-state index in [0.29, 0.717) is 24.7 Å². The molecule has 26 heavy (non-hydrogen) atoms. The van der Waals surface area contributed by atoms with Gasteiger partial charge in [0.1, 0.15) is 5.76 Å². The van der Waals surface area contributed by atoms with Crippen LogP contribution in [0, 0.1) is 0 Å². The second-order valence-electron chi connectivity index (χ2n) is 6.92. The van der Waals surface area contributed by atoms with Crippen molar-refractivity contribution in [2.24, 2.45) is 0 Å². The third kappa shape index (κ3) is 4.88. The molecular weight excluding hydrogens is 330 g/mol. The number of nitrogens with zero attached hydrogens (tertiary/aromatic N) is 1. The molecule has 6 heteroatoms. The molecule has 0 bridgehead atoms. The van der Waals surface area contributed by atoms with Gasteiger partial charge in [-0.1, -0.05) is 12.1 Å². The first-order valence-electron chi connectivity index (χ1n) is 8.99. The van der Waals surface area contributed by atoms with Crippen LogP contribution < -0.4 is 10.6 Å². The van der Waals surface area contributed by atoms with Gasteiger partial charge in [-0.3, -0.25) is 4.79 Å². The first kappa shape index (κ1) is 18.0. The molecule has 0 spiro atoms. The number of benzene rings is 1. The molecule has 0 atom stereocenters.